The Hall–Kier alpha value is -1.96. The molecule has 0 amide bonds. The Kier molecular flexibility index (Phi) is 21.0. The van der Waals surface area contributed by atoms with Crippen molar-refractivity contribution in [3.05, 3.63) is 0 Å². The molecule has 352 valence electrons. The molecule has 62 heavy (non-hydrogen) atoms. The summed E-state index contributed by atoms with van der Waals surface area (Å²) < 4.78 is 60.3. The number of carbonyl (C=O) groups is 4. The second-order valence-corrected chi connectivity index (χ2v) is 14.0. The molecular weight excluding hydrogens is 871 g/mol. The molecule has 18 atom stereocenters. The zero-order valence-electron chi connectivity index (χ0n) is 32.7. The predicted molar refractivity (Wildman–Crippen MR) is 179 cm³/mol. The van der Waals surface area contributed by atoms with Crippen LogP contribution in [0.5, 0.6) is 0 Å². The Balaban J connectivity index is 0.0000102. The molecular formula is C32H50NaO29+. The van der Waals surface area contributed by atoms with Crippen LogP contribution in [0.25, 0.3) is 0 Å². The van der Waals surface area contributed by atoms with Crippen LogP contribution < -0.4 is 29.6 Å². The Bertz CT molecular complexity index is 1460. The van der Waals surface area contributed by atoms with Crippen molar-refractivity contribution in [2.75, 3.05) is 66.1 Å². The van der Waals surface area contributed by atoms with Gasteiger partial charge in [-0.25, -0.2) is 19.2 Å². The van der Waals surface area contributed by atoms with Crippen molar-refractivity contribution in [3.63, 3.8) is 0 Å². The molecule has 0 aromatic heterocycles. The quantitative estimate of drug-likeness (QED) is 0.0400. The van der Waals surface area contributed by atoms with E-state index >= 15 is 0 Å². The minimum Gasteiger partial charge on any atom is -0.480 e. The standard InChI is InChI=1S/C32H50O29.Na/c33-1-11-19(45)20(46)21(47)29(56-11)60-32(10-36)28(50)25(54-7-17(41)42)14(59-32)4-52-23-12(2-34)57-30(22(48)26(23)55-8-18(43)44)61-31(9-35)27(49)24(53-6-16(39)40)13(58-31)3-51-5-15(37)38;/h11-14,19-30,33-36,45-50H,1-10H2,(H,37,38)(H,39,40)(H,41,42)(H,43,44);/q;+1/t11-,12-,13+,14+,19-,20+,21-,22-,23-,24+,25+,26-,27-,28-,29-,30-,31-,32-;/m1./s1. The molecule has 4 saturated heterocycles. The van der Waals surface area contributed by atoms with E-state index in [-0.39, 0.29) is 29.6 Å². The second-order valence-electron chi connectivity index (χ2n) is 14.0. The monoisotopic (exact) mass is 921 g/mol. The van der Waals surface area contributed by atoms with E-state index < -0.39 is 200 Å². The summed E-state index contributed by atoms with van der Waals surface area (Å²) in [5.74, 6) is -11.4. The van der Waals surface area contributed by atoms with Crippen LogP contribution in [0.15, 0.2) is 0 Å². The molecule has 30 heteroatoms. The zero-order chi connectivity index (χ0) is 45.4. The van der Waals surface area contributed by atoms with E-state index in [1.165, 1.54) is 0 Å². The summed E-state index contributed by atoms with van der Waals surface area (Å²) in [5.41, 5.74) is 0. The first-order valence-corrected chi connectivity index (χ1v) is 18.2. The van der Waals surface area contributed by atoms with Crippen molar-refractivity contribution in [2.24, 2.45) is 0 Å². The molecule has 4 rings (SSSR count). The van der Waals surface area contributed by atoms with Crippen molar-refractivity contribution >= 4 is 23.9 Å². The van der Waals surface area contributed by atoms with Crippen molar-refractivity contribution in [3.8, 4) is 0 Å². The first kappa shape index (κ1) is 54.4. The zero-order valence-corrected chi connectivity index (χ0v) is 34.7. The van der Waals surface area contributed by atoms with Crippen LogP contribution in [-0.4, -0.2) is 271 Å². The number of carboxylic acid groups (broad SMARTS) is 4. The Morgan fingerprint density at radius 1 is 0.468 bits per heavy atom. The van der Waals surface area contributed by atoms with E-state index in [1.54, 1.807) is 0 Å². The van der Waals surface area contributed by atoms with Gasteiger partial charge in [0.05, 0.1) is 26.4 Å². The topological polar surface area (TPSA) is 453 Å². The first-order valence-electron chi connectivity index (χ1n) is 18.2. The SMILES string of the molecule is O=C(O)COC[C@@H]1O[C@](CO)(O[C@H]2O[C@H](CO)[C@@H](OC[C@@H]3O[C@](CO)(O[C@H]4O[C@H](CO)[C@@H](O)[C@H](O)[C@H]4O)[C@H](O)[C@H]3OCC(=O)O)[C@H](OCC(=O)O)[C@H]2O)[C@H](O)[C@H]1OCC(=O)O.[Na+]. The third-order valence-electron chi connectivity index (χ3n) is 9.83. The van der Waals surface area contributed by atoms with E-state index in [0.717, 1.165) is 0 Å². The van der Waals surface area contributed by atoms with Gasteiger partial charge in [-0.15, -0.1) is 0 Å². The molecule has 0 aliphatic carbocycles. The molecule has 29 nitrogen and oxygen atoms in total. The molecule has 0 radical (unpaired) electrons. The molecule has 0 aromatic carbocycles. The minimum absolute atomic E-state index is 0. The molecule has 0 unspecified atom stereocenters. The van der Waals surface area contributed by atoms with Crippen LogP contribution in [-0.2, 0) is 71.3 Å². The summed E-state index contributed by atoms with van der Waals surface area (Å²) in [4.78, 5) is 45.3. The molecule has 4 heterocycles. The molecule has 4 aliphatic rings. The molecule has 4 aliphatic heterocycles. The first-order chi connectivity index (χ1) is 28.8. The third kappa shape index (κ3) is 12.7. The number of aliphatic carboxylic acids is 4. The van der Waals surface area contributed by atoms with Crippen LogP contribution in [0, 0.1) is 0 Å². The number of hydrogen-bond acceptors (Lipinski definition) is 25. The molecule has 14 N–H and O–H groups in total. The van der Waals surface area contributed by atoms with Gasteiger partial charge in [0, 0.05) is 0 Å². The molecule has 0 aromatic rings. The van der Waals surface area contributed by atoms with Gasteiger partial charge in [-0.1, -0.05) is 0 Å². The van der Waals surface area contributed by atoms with Gasteiger partial charge in [0.2, 0.25) is 11.6 Å². The van der Waals surface area contributed by atoms with Crippen molar-refractivity contribution in [2.45, 2.75) is 110 Å². The molecule has 0 saturated carbocycles. The maximum absolute atomic E-state index is 11.6. The summed E-state index contributed by atoms with van der Waals surface area (Å²) >= 11 is 0. The van der Waals surface area contributed by atoms with Gasteiger partial charge >= 0.3 is 53.4 Å². The predicted octanol–water partition coefficient (Wildman–Crippen LogP) is -12.3. The van der Waals surface area contributed by atoms with Gasteiger partial charge < -0.3 is 124 Å². The molecule has 0 bridgehead atoms. The van der Waals surface area contributed by atoms with Gasteiger partial charge in [-0.3, -0.25) is 0 Å². The largest absolute Gasteiger partial charge is 1.00 e. The smallest absolute Gasteiger partial charge is 0.480 e. The third-order valence-corrected chi connectivity index (χ3v) is 9.83. The number of ether oxygens (including phenoxy) is 11. The van der Waals surface area contributed by atoms with Crippen LogP contribution in [0.3, 0.4) is 0 Å². The van der Waals surface area contributed by atoms with Gasteiger partial charge in [0.15, 0.2) is 12.6 Å². The normalized spacial score (nSPS) is 40.8. The maximum atomic E-state index is 11.6. The number of rotatable bonds is 24. The number of aliphatic hydroxyl groups excluding tert-OH is 10. The van der Waals surface area contributed by atoms with Gasteiger partial charge in [0.25, 0.3) is 0 Å². The minimum atomic E-state index is -2.69. The Labute approximate surface area is 370 Å². The van der Waals surface area contributed by atoms with Gasteiger partial charge in [0.1, 0.15) is 125 Å². The maximum Gasteiger partial charge on any atom is 1.00 e. The van der Waals surface area contributed by atoms with E-state index in [2.05, 4.69) is 0 Å². The summed E-state index contributed by atoms with van der Waals surface area (Å²) in [5, 5.41) is 142. The van der Waals surface area contributed by atoms with Crippen LogP contribution >= 0.6 is 0 Å². The van der Waals surface area contributed by atoms with Gasteiger partial charge in [-0.05, 0) is 0 Å². The fourth-order valence-corrected chi connectivity index (χ4v) is 6.94. The fraction of sp³-hybridized carbons (Fsp3) is 0.875. The Morgan fingerprint density at radius 2 is 0.887 bits per heavy atom. The van der Waals surface area contributed by atoms with Crippen molar-refractivity contribution in [1.82, 2.24) is 0 Å². The molecule has 4 fully saturated rings. The Morgan fingerprint density at radius 3 is 1.32 bits per heavy atom. The number of carboxylic acids is 4. The van der Waals surface area contributed by atoms with Crippen molar-refractivity contribution < 1.29 is 172 Å². The van der Waals surface area contributed by atoms with Crippen LogP contribution in [0.2, 0.25) is 0 Å². The van der Waals surface area contributed by atoms with Gasteiger partial charge in [-0.2, -0.15) is 0 Å². The molecule has 0 spiro atoms. The summed E-state index contributed by atoms with van der Waals surface area (Å²) in [6, 6.07) is 0. The average molecular weight is 922 g/mol. The van der Waals surface area contributed by atoms with E-state index in [0.29, 0.717) is 0 Å². The number of hydrogen-bond donors (Lipinski definition) is 14. The van der Waals surface area contributed by atoms with E-state index in [9.17, 15) is 80.5 Å². The number of aliphatic hydroxyl groups is 10. The van der Waals surface area contributed by atoms with E-state index in [4.69, 9.17) is 62.3 Å². The summed E-state index contributed by atoms with van der Waals surface area (Å²) in [6.07, 6.45) is -30.2. The fourth-order valence-electron chi connectivity index (χ4n) is 6.94. The van der Waals surface area contributed by atoms with Crippen molar-refractivity contribution in [1.29, 1.82) is 0 Å². The van der Waals surface area contributed by atoms with E-state index in [1.807, 2.05) is 0 Å². The second kappa shape index (κ2) is 24.0. The average Bonchev–Trinajstić information content (AvgIpc) is 3.63. The summed E-state index contributed by atoms with van der Waals surface area (Å²) in [7, 11) is 0. The summed E-state index contributed by atoms with van der Waals surface area (Å²) in [6.45, 7) is -10.3. The van der Waals surface area contributed by atoms with Crippen LogP contribution in [0.1, 0.15) is 0 Å². The van der Waals surface area contributed by atoms with Crippen LogP contribution in [0.4, 0.5) is 0 Å².